The van der Waals surface area contributed by atoms with Crippen molar-refractivity contribution in [3.63, 3.8) is 0 Å². The number of H-pyrrole nitrogens is 1. The van der Waals surface area contributed by atoms with Gasteiger partial charge in [0, 0.05) is 18.0 Å². The van der Waals surface area contributed by atoms with Crippen LogP contribution in [0.1, 0.15) is 0 Å². The summed E-state index contributed by atoms with van der Waals surface area (Å²) in [7, 11) is 0. The predicted octanol–water partition coefficient (Wildman–Crippen LogP) is 2.59. The molecule has 82 valence electrons. The average molecular weight is 222 g/mol. The van der Waals surface area contributed by atoms with Gasteiger partial charge in [-0.15, -0.1) is 0 Å². The topological polar surface area (TPSA) is 45.8 Å². The minimum Gasteiger partial charge on any atom is -0.312 e. The lowest BCUT2D eigenvalue weighted by molar-refractivity contribution is 1.08. The molecule has 0 spiro atoms. The first-order valence-corrected chi connectivity index (χ1v) is 5.37. The second kappa shape index (κ2) is 3.87. The van der Waals surface area contributed by atoms with Crippen LogP contribution < -0.4 is 5.69 Å². The van der Waals surface area contributed by atoms with Crippen molar-refractivity contribution >= 4 is 10.8 Å². The van der Waals surface area contributed by atoms with Crippen LogP contribution in [-0.2, 0) is 0 Å². The van der Waals surface area contributed by atoms with Crippen LogP contribution in [-0.4, -0.2) is 9.97 Å². The summed E-state index contributed by atoms with van der Waals surface area (Å²) in [5, 5.41) is 2.33. The summed E-state index contributed by atoms with van der Waals surface area (Å²) in [5.74, 6) is 0. The third-order valence-electron chi connectivity index (χ3n) is 2.77. The molecule has 0 fully saturated rings. The summed E-state index contributed by atoms with van der Waals surface area (Å²) in [4.78, 5) is 17.3. The number of aromatic amines is 1. The Balaban J connectivity index is 2.30. The molecular formula is C14H10N2O. The third kappa shape index (κ3) is 1.72. The highest BCUT2D eigenvalue weighted by Gasteiger charge is 2.03. The van der Waals surface area contributed by atoms with Crippen LogP contribution in [0.2, 0.25) is 0 Å². The first-order valence-electron chi connectivity index (χ1n) is 5.37. The van der Waals surface area contributed by atoms with Crippen molar-refractivity contribution < 1.29 is 0 Å². The van der Waals surface area contributed by atoms with E-state index in [9.17, 15) is 4.79 Å². The molecule has 3 heteroatoms. The van der Waals surface area contributed by atoms with Crippen molar-refractivity contribution in [3.05, 3.63) is 65.3 Å². The van der Waals surface area contributed by atoms with Gasteiger partial charge in [0.2, 0.25) is 0 Å². The van der Waals surface area contributed by atoms with Crippen LogP contribution in [0.25, 0.3) is 21.9 Å². The van der Waals surface area contributed by atoms with Gasteiger partial charge in [-0.2, -0.15) is 0 Å². The Morgan fingerprint density at radius 2 is 1.82 bits per heavy atom. The Morgan fingerprint density at radius 3 is 2.65 bits per heavy atom. The highest BCUT2D eigenvalue weighted by molar-refractivity contribution is 5.96. The number of nitrogens with one attached hydrogen (secondary N) is 1. The maximum absolute atomic E-state index is 10.9. The SMILES string of the molecule is O=c1ncc(-c2cccc3ccccc23)c[nH]1. The molecule has 3 rings (SSSR count). The zero-order chi connectivity index (χ0) is 11.7. The van der Waals surface area contributed by atoms with Gasteiger partial charge < -0.3 is 4.98 Å². The van der Waals surface area contributed by atoms with Crippen molar-refractivity contribution in [2.24, 2.45) is 0 Å². The minimum absolute atomic E-state index is 0.325. The molecule has 17 heavy (non-hydrogen) atoms. The van der Waals surface area contributed by atoms with Gasteiger partial charge in [0.15, 0.2) is 0 Å². The molecule has 0 saturated carbocycles. The Labute approximate surface area is 97.8 Å². The normalized spacial score (nSPS) is 10.6. The van der Waals surface area contributed by atoms with Crippen molar-refractivity contribution in [2.75, 3.05) is 0 Å². The highest BCUT2D eigenvalue weighted by Crippen LogP contribution is 2.26. The molecule has 3 aromatic rings. The summed E-state index contributed by atoms with van der Waals surface area (Å²) in [6.07, 6.45) is 3.29. The van der Waals surface area contributed by atoms with Crippen LogP contribution >= 0.6 is 0 Å². The van der Waals surface area contributed by atoms with Crippen LogP contribution in [0, 0.1) is 0 Å². The second-order valence-corrected chi connectivity index (χ2v) is 3.83. The van der Waals surface area contributed by atoms with Crippen molar-refractivity contribution in [1.29, 1.82) is 0 Å². The molecule has 1 aromatic heterocycles. The summed E-state index contributed by atoms with van der Waals surface area (Å²) in [5.41, 5.74) is 1.67. The molecule has 0 aliphatic rings. The molecule has 2 aromatic carbocycles. The summed E-state index contributed by atoms with van der Waals surface area (Å²) in [6, 6.07) is 14.2. The fraction of sp³-hybridized carbons (Fsp3) is 0. The Kier molecular flexibility index (Phi) is 2.22. The van der Waals surface area contributed by atoms with E-state index < -0.39 is 0 Å². The predicted molar refractivity (Wildman–Crippen MR) is 67.8 cm³/mol. The number of rotatable bonds is 1. The molecule has 0 saturated heterocycles. The minimum atomic E-state index is -0.325. The number of hydrogen-bond acceptors (Lipinski definition) is 2. The van der Waals surface area contributed by atoms with Crippen LogP contribution in [0.5, 0.6) is 0 Å². The summed E-state index contributed by atoms with van der Waals surface area (Å²) < 4.78 is 0. The van der Waals surface area contributed by atoms with Gasteiger partial charge in [0.25, 0.3) is 0 Å². The van der Waals surface area contributed by atoms with Gasteiger partial charge in [-0.1, -0.05) is 42.5 Å². The Hall–Kier alpha value is -2.42. The lowest BCUT2D eigenvalue weighted by Crippen LogP contribution is -2.07. The molecule has 0 aliphatic heterocycles. The Bertz CT molecular complexity index is 706. The molecule has 3 nitrogen and oxygen atoms in total. The van der Waals surface area contributed by atoms with Gasteiger partial charge >= 0.3 is 5.69 Å². The van der Waals surface area contributed by atoms with Crippen molar-refractivity contribution in [1.82, 2.24) is 9.97 Å². The lowest BCUT2D eigenvalue weighted by Gasteiger charge is -2.05. The van der Waals surface area contributed by atoms with E-state index >= 15 is 0 Å². The number of nitrogens with zero attached hydrogens (tertiary/aromatic N) is 1. The first-order chi connectivity index (χ1) is 8.34. The maximum atomic E-state index is 10.9. The number of fused-ring (bicyclic) bond motifs is 1. The molecular weight excluding hydrogens is 212 g/mol. The van der Waals surface area contributed by atoms with Crippen LogP contribution in [0.4, 0.5) is 0 Å². The number of hydrogen-bond donors (Lipinski definition) is 1. The molecule has 0 bridgehead atoms. The van der Waals surface area contributed by atoms with E-state index in [-0.39, 0.29) is 5.69 Å². The maximum Gasteiger partial charge on any atom is 0.344 e. The van der Waals surface area contributed by atoms with Gasteiger partial charge in [0.05, 0.1) is 0 Å². The van der Waals surface area contributed by atoms with Crippen molar-refractivity contribution in [3.8, 4) is 11.1 Å². The average Bonchev–Trinajstić information content (AvgIpc) is 2.39. The van der Waals surface area contributed by atoms with Gasteiger partial charge in [0.1, 0.15) is 0 Å². The molecule has 1 heterocycles. The zero-order valence-electron chi connectivity index (χ0n) is 9.05. The highest BCUT2D eigenvalue weighted by atomic mass is 16.1. The number of aromatic nitrogens is 2. The molecule has 0 unspecified atom stereocenters. The quantitative estimate of drug-likeness (QED) is 0.687. The van der Waals surface area contributed by atoms with E-state index in [0.29, 0.717) is 0 Å². The summed E-state index contributed by atoms with van der Waals surface area (Å²) >= 11 is 0. The largest absolute Gasteiger partial charge is 0.344 e. The molecule has 0 atom stereocenters. The number of benzene rings is 2. The van der Waals surface area contributed by atoms with Crippen LogP contribution in [0.3, 0.4) is 0 Å². The van der Waals surface area contributed by atoms with Crippen molar-refractivity contribution in [2.45, 2.75) is 0 Å². The smallest absolute Gasteiger partial charge is 0.312 e. The Morgan fingerprint density at radius 1 is 1.00 bits per heavy atom. The lowest BCUT2D eigenvalue weighted by atomic mass is 10.0. The van der Waals surface area contributed by atoms with E-state index in [2.05, 4.69) is 28.2 Å². The van der Waals surface area contributed by atoms with Gasteiger partial charge in [-0.3, -0.25) is 0 Å². The summed E-state index contributed by atoms with van der Waals surface area (Å²) in [6.45, 7) is 0. The standard InChI is InChI=1S/C14H10N2O/c17-14-15-8-11(9-16-14)13-7-3-5-10-4-1-2-6-12(10)13/h1-9H,(H,15,16,17). The van der Waals surface area contributed by atoms with Gasteiger partial charge in [-0.25, -0.2) is 9.78 Å². The van der Waals surface area contributed by atoms with E-state index in [1.54, 1.807) is 12.4 Å². The van der Waals surface area contributed by atoms with E-state index in [0.717, 1.165) is 16.5 Å². The molecule has 0 aliphatic carbocycles. The fourth-order valence-corrected chi connectivity index (χ4v) is 1.97. The zero-order valence-corrected chi connectivity index (χ0v) is 9.05. The van der Waals surface area contributed by atoms with E-state index in [1.165, 1.54) is 5.39 Å². The molecule has 0 radical (unpaired) electrons. The monoisotopic (exact) mass is 222 g/mol. The first kappa shape index (κ1) is 9.78. The van der Waals surface area contributed by atoms with Gasteiger partial charge in [-0.05, 0) is 16.3 Å². The van der Waals surface area contributed by atoms with Crippen LogP contribution in [0.15, 0.2) is 59.7 Å². The third-order valence-corrected chi connectivity index (χ3v) is 2.77. The molecule has 1 N–H and O–H groups in total. The second-order valence-electron chi connectivity index (χ2n) is 3.83. The van der Waals surface area contributed by atoms with E-state index in [4.69, 9.17) is 0 Å². The molecule has 0 amide bonds. The fourth-order valence-electron chi connectivity index (χ4n) is 1.97. The van der Waals surface area contributed by atoms with E-state index in [1.807, 2.05) is 24.3 Å².